The van der Waals surface area contributed by atoms with Gasteiger partial charge in [-0.15, -0.1) is 6.58 Å². The fraction of sp³-hybridized carbons (Fsp3) is 0.333. The predicted molar refractivity (Wildman–Crippen MR) is 125 cm³/mol. The third kappa shape index (κ3) is 6.40. The third-order valence-electron chi connectivity index (χ3n) is 4.78. The first kappa shape index (κ1) is 24.7. The van der Waals surface area contributed by atoms with E-state index in [0.717, 1.165) is 36.8 Å². The minimum Gasteiger partial charge on any atom is -0.103 e. The molecule has 0 N–H and O–H groups in total. The van der Waals surface area contributed by atoms with Crippen LogP contribution in [0.4, 0.5) is 0 Å². The smallest absolute Gasteiger partial charge is 0.0271 e. The lowest BCUT2D eigenvalue weighted by Gasteiger charge is -2.31. The molecular weight excluding hydrogens is 324 g/mol. The molecule has 2 rings (SSSR count). The Morgan fingerprint density at radius 3 is 2.04 bits per heavy atom. The van der Waals surface area contributed by atoms with Crippen LogP contribution in [0.5, 0.6) is 0 Å². The topological polar surface area (TPSA) is 0 Å². The second-order valence-corrected chi connectivity index (χ2v) is 6.41. The van der Waals surface area contributed by atoms with Crippen molar-refractivity contribution >= 4 is 0 Å². The van der Waals surface area contributed by atoms with E-state index in [-0.39, 0.29) is 12.8 Å². The highest BCUT2D eigenvalue weighted by atomic mass is 14.4. The molecule has 0 heteroatoms. The van der Waals surface area contributed by atoms with E-state index in [2.05, 4.69) is 80.5 Å². The van der Waals surface area contributed by atoms with E-state index in [1.165, 1.54) is 11.1 Å². The molecular formula is C27H38. The minimum absolute atomic E-state index is 0. The van der Waals surface area contributed by atoms with Gasteiger partial charge in [-0.25, -0.2) is 0 Å². The van der Waals surface area contributed by atoms with Gasteiger partial charge in [-0.05, 0) is 54.9 Å². The van der Waals surface area contributed by atoms with Crippen LogP contribution in [-0.2, 0) is 12.8 Å². The Kier molecular flexibility index (Phi) is 11.8. The van der Waals surface area contributed by atoms with Gasteiger partial charge in [0.2, 0.25) is 0 Å². The van der Waals surface area contributed by atoms with Crippen LogP contribution in [0.15, 0.2) is 97.7 Å². The zero-order chi connectivity index (χ0) is 19.4. The zero-order valence-corrected chi connectivity index (χ0v) is 16.8. The van der Waals surface area contributed by atoms with E-state index in [1.807, 2.05) is 26.8 Å². The largest absolute Gasteiger partial charge is 0.103 e. The van der Waals surface area contributed by atoms with Gasteiger partial charge >= 0.3 is 0 Å². The second-order valence-electron chi connectivity index (χ2n) is 6.41. The number of unbranched alkanes of at least 4 members (excludes halogenated alkanes) is 1. The van der Waals surface area contributed by atoms with Crippen molar-refractivity contribution in [3.63, 3.8) is 0 Å². The molecule has 0 radical (unpaired) electrons. The number of hydrogen-bond donors (Lipinski definition) is 0. The molecule has 1 aliphatic rings. The summed E-state index contributed by atoms with van der Waals surface area (Å²) in [6.45, 7) is 18.5. The molecule has 0 bridgehead atoms. The maximum atomic E-state index is 4.40. The fourth-order valence-corrected chi connectivity index (χ4v) is 3.36. The Balaban J connectivity index is 0.00000218. The van der Waals surface area contributed by atoms with Gasteiger partial charge in [0.15, 0.2) is 0 Å². The zero-order valence-electron chi connectivity index (χ0n) is 16.8. The molecule has 0 fully saturated rings. The maximum Gasteiger partial charge on any atom is 0.0271 e. The Labute approximate surface area is 168 Å². The molecule has 0 aromatic heterocycles. The molecule has 0 saturated carbocycles. The lowest BCUT2D eigenvalue weighted by molar-refractivity contribution is 0.482. The van der Waals surface area contributed by atoms with Gasteiger partial charge in [-0.3, -0.25) is 0 Å². The summed E-state index contributed by atoms with van der Waals surface area (Å²) in [7, 11) is 0. The number of benzene rings is 1. The lowest BCUT2D eigenvalue weighted by Crippen LogP contribution is -2.24. The van der Waals surface area contributed by atoms with E-state index in [1.54, 1.807) is 0 Å². The van der Waals surface area contributed by atoms with Gasteiger partial charge in [-0.1, -0.05) is 101 Å². The maximum absolute atomic E-state index is 4.40. The summed E-state index contributed by atoms with van der Waals surface area (Å²) in [6.07, 6.45) is 18.7. The molecule has 0 nitrogen and oxygen atoms in total. The third-order valence-corrected chi connectivity index (χ3v) is 4.78. The van der Waals surface area contributed by atoms with Crippen molar-refractivity contribution in [1.82, 2.24) is 0 Å². The first-order valence-corrected chi connectivity index (χ1v) is 9.66. The van der Waals surface area contributed by atoms with E-state index < -0.39 is 0 Å². The van der Waals surface area contributed by atoms with Crippen molar-refractivity contribution in [2.45, 2.75) is 53.9 Å². The summed E-state index contributed by atoms with van der Waals surface area (Å²) < 4.78 is 0. The highest BCUT2D eigenvalue weighted by molar-refractivity contribution is 5.49. The molecule has 0 heterocycles. The lowest BCUT2D eigenvalue weighted by atomic mass is 9.72. The van der Waals surface area contributed by atoms with E-state index >= 15 is 0 Å². The van der Waals surface area contributed by atoms with Crippen molar-refractivity contribution in [2.75, 3.05) is 0 Å². The number of allylic oxidation sites excluding steroid dienone is 9. The number of rotatable bonds is 8. The van der Waals surface area contributed by atoms with Gasteiger partial charge in [-0.2, -0.15) is 0 Å². The van der Waals surface area contributed by atoms with Gasteiger partial charge in [0.05, 0.1) is 0 Å². The van der Waals surface area contributed by atoms with Gasteiger partial charge in [0.1, 0.15) is 0 Å². The summed E-state index contributed by atoms with van der Waals surface area (Å²) in [6, 6.07) is 8.70. The molecule has 0 aliphatic heterocycles. The van der Waals surface area contributed by atoms with Crippen LogP contribution in [0, 0.1) is 5.41 Å². The van der Waals surface area contributed by atoms with Crippen molar-refractivity contribution in [1.29, 1.82) is 0 Å². The summed E-state index contributed by atoms with van der Waals surface area (Å²) >= 11 is 0. The first-order chi connectivity index (χ1) is 12.6. The van der Waals surface area contributed by atoms with Crippen LogP contribution < -0.4 is 0 Å². The van der Waals surface area contributed by atoms with Crippen LogP contribution in [0.2, 0.25) is 0 Å². The Morgan fingerprint density at radius 2 is 1.52 bits per heavy atom. The van der Waals surface area contributed by atoms with Gasteiger partial charge in [0, 0.05) is 5.41 Å². The average molecular weight is 363 g/mol. The first-order valence-electron chi connectivity index (χ1n) is 9.66. The standard InChI is InChI=1S/C24H28.C2H6.CH4/c1-5-7-8-9-10-11-15-21(4)24(20(3)14-6-2)18-22-16-12-13-17-23(22)19-24;1-2;/h5-6,9-17H,1,3-4,7-8,18-19H2,2H3;1-2H3;1H4/b10-9-,14-6-,15-11-;;. The Bertz CT molecular complexity index is 670. The van der Waals surface area contributed by atoms with Crippen LogP contribution in [-0.4, -0.2) is 0 Å². The molecule has 1 aromatic carbocycles. The van der Waals surface area contributed by atoms with Crippen LogP contribution >= 0.6 is 0 Å². The van der Waals surface area contributed by atoms with Crippen molar-refractivity contribution in [3.05, 3.63) is 109 Å². The van der Waals surface area contributed by atoms with E-state index in [4.69, 9.17) is 0 Å². The molecule has 0 atom stereocenters. The molecule has 0 spiro atoms. The summed E-state index contributed by atoms with van der Waals surface area (Å²) in [5, 5.41) is 0. The summed E-state index contributed by atoms with van der Waals surface area (Å²) in [5.74, 6) is 0. The van der Waals surface area contributed by atoms with E-state index in [0.29, 0.717) is 0 Å². The molecule has 0 amide bonds. The number of fused-ring (bicyclic) bond motifs is 1. The van der Waals surface area contributed by atoms with Crippen LogP contribution in [0.1, 0.15) is 52.2 Å². The monoisotopic (exact) mass is 362 g/mol. The summed E-state index contributed by atoms with van der Waals surface area (Å²) in [4.78, 5) is 0. The van der Waals surface area contributed by atoms with Crippen LogP contribution in [0.25, 0.3) is 0 Å². The van der Waals surface area contributed by atoms with E-state index in [9.17, 15) is 0 Å². The van der Waals surface area contributed by atoms with Gasteiger partial charge < -0.3 is 0 Å². The van der Waals surface area contributed by atoms with Crippen molar-refractivity contribution < 1.29 is 0 Å². The highest BCUT2D eigenvalue weighted by Crippen LogP contribution is 2.47. The Hall–Kier alpha value is -2.34. The average Bonchev–Trinajstić information content (AvgIpc) is 3.07. The molecule has 27 heavy (non-hydrogen) atoms. The predicted octanol–water partition coefficient (Wildman–Crippen LogP) is 8.20. The molecule has 146 valence electrons. The van der Waals surface area contributed by atoms with Crippen molar-refractivity contribution in [2.24, 2.45) is 5.41 Å². The van der Waals surface area contributed by atoms with Gasteiger partial charge in [0.25, 0.3) is 0 Å². The summed E-state index contributed by atoms with van der Waals surface area (Å²) in [5.41, 5.74) is 5.02. The second kappa shape index (κ2) is 12.9. The molecule has 1 aromatic rings. The highest BCUT2D eigenvalue weighted by Gasteiger charge is 2.39. The normalized spacial score (nSPS) is 14.5. The Morgan fingerprint density at radius 1 is 0.963 bits per heavy atom. The van der Waals surface area contributed by atoms with Crippen molar-refractivity contribution in [3.8, 4) is 0 Å². The molecule has 0 unspecified atom stereocenters. The quantitative estimate of drug-likeness (QED) is 0.248. The van der Waals surface area contributed by atoms with Crippen LogP contribution in [0.3, 0.4) is 0 Å². The number of hydrogen-bond acceptors (Lipinski definition) is 0. The fourth-order valence-electron chi connectivity index (χ4n) is 3.36. The molecule has 0 saturated heterocycles. The molecule has 1 aliphatic carbocycles. The SMILES string of the molecule is C.C=CCC/C=C\C=C/C(=C)C1(C(=C)/C=C\C)Cc2ccccc2C1.CC. The minimum atomic E-state index is -0.0956.